The lowest BCUT2D eigenvalue weighted by atomic mass is 10.0. The summed E-state index contributed by atoms with van der Waals surface area (Å²) in [5, 5.41) is 0.548. The van der Waals surface area contributed by atoms with Crippen molar-refractivity contribution < 1.29 is 4.55 Å². The second-order valence-corrected chi connectivity index (χ2v) is 10.2. The molecule has 7 nitrogen and oxygen atoms in total. The molecule has 0 aliphatic heterocycles. The van der Waals surface area contributed by atoms with E-state index in [1.54, 1.807) is 13.4 Å². The largest absolute Gasteiger partial charge is 0.598 e. The molecule has 2 heterocycles. The van der Waals surface area contributed by atoms with Crippen LogP contribution in [-0.2, 0) is 25.5 Å². The Bertz CT molecular complexity index is 1080. The number of benzene rings is 1. The Labute approximate surface area is 168 Å². The fraction of sp³-hybridized carbons (Fsp3) is 0.450. The van der Waals surface area contributed by atoms with E-state index in [0.29, 0.717) is 22.4 Å². The van der Waals surface area contributed by atoms with Crippen molar-refractivity contribution in [1.82, 2.24) is 23.8 Å². The van der Waals surface area contributed by atoms with Crippen molar-refractivity contribution in [1.29, 1.82) is 0 Å². The summed E-state index contributed by atoms with van der Waals surface area (Å²) in [6.45, 7) is 9.65. The minimum absolute atomic E-state index is 0.125. The standard InChI is InChI=1S/C20H27N5O2S/c1-12-8-14(13(2)23-28(27)20(3,4)5)17-15(9-12)19(26)25(7)18(22-17)16-10-24(6)11-21-16/h8-11,13,23H,1-7H3. The van der Waals surface area contributed by atoms with Gasteiger partial charge in [0.2, 0.25) is 0 Å². The second-order valence-electron chi connectivity index (χ2n) is 8.19. The fourth-order valence-corrected chi connectivity index (χ4v) is 3.84. The highest BCUT2D eigenvalue weighted by molar-refractivity contribution is 7.90. The molecule has 1 N–H and O–H groups in total. The molecule has 2 aromatic heterocycles. The summed E-state index contributed by atoms with van der Waals surface area (Å²) >= 11 is -1.24. The molecule has 0 aliphatic rings. The van der Waals surface area contributed by atoms with Crippen molar-refractivity contribution in [2.24, 2.45) is 14.1 Å². The van der Waals surface area contributed by atoms with Gasteiger partial charge < -0.3 is 9.12 Å². The van der Waals surface area contributed by atoms with Crippen LogP contribution in [0.2, 0.25) is 0 Å². The smallest absolute Gasteiger partial charge is 0.261 e. The molecule has 0 saturated heterocycles. The maximum Gasteiger partial charge on any atom is 0.261 e. The van der Waals surface area contributed by atoms with E-state index >= 15 is 0 Å². The normalized spacial score (nSPS) is 14.4. The van der Waals surface area contributed by atoms with Crippen LogP contribution in [0.3, 0.4) is 0 Å². The van der Waals surface area contributed by atoms with Crippen LogP contribution in [-0.4, -0.2) is 28.4 Å². The van der Waals surface area contributed by atoms with Crippen molar-refractivity contribution in [3.8, 4) is 11.5 Å². The van der Waals surface area contributed by atoms with E-state index in [4.69, 9.17) is 4.98 Å². The van der Waals surface area contributed by atoms with Gasteiger partial charge in [0.05, 0.1) is 23.3 Å². The van der Waals surface area contributed by atoms with Crippen molar-refractivity contribution in [3.63, 3.8) is 0 Å². The summed E-state index contributed by atoms with van der Waals surface area (Å²) < 4.78 is 18.7. The molecular weight excluding hydrogens is 374 g/mol. The second kappa shape index (κ2) is 7.35. The molecular formula is C20H27N5O2S. The zero-order valence-electron chi connectivity index (χ0n) is 17.4. The molecule has 3 rings (SSSR count). The summed E-state index contributed by atoms with van der Waals surface area (Å²) in [7, 11) is 3.58. The number of hydrogen-bond acceptors (Lipinski definition) is 5. The van der Waals surface area contributed by atoms with Crippen LogP contribution in [0.4, 0.5) is 0 Å². The van der Waals surface area contributed by atoms with Gasteiger partial charge in [-0.2, -0.15) is 0 Å². The van der Waals surface area contributed by atoms with Crippen LogP contribution in [0.1, 0.15) is 44.9 Å². The molecule has 3 aromatic rings. The van der Waals surface area contributed by atoms with Gasteiger partial charge in [0, 0.05) is 37.2 Å². The summed E-state index contributed by atoms with van der Waals surface area (Å²) in [6, 6.07) is 3.61. The van der Waals surface area contributed by atoms with Gasteiger partial charge >= 0.3 is 0 Å². The molecule has 28 heavy (non-hydrogen) atoms. The third kappa shape index (κ3) is 3.85. The predicted octanol–water partition coefficient (Wildman–Crippen LogP) is 2.76. The number of rotatable bonds is 4. The van der Waals surface area contributed by atoms with Gasteiger partial charge in [0.25, 0.3) is 5.56 Å². The Morgan fingerprint density at radius 3 is 2.50 bits per heavy atom. The number of aromatic nitrogens is 4. The first kappa shape index (κ1) is 20.6. The quantitative estimate of drug-likeness (QED) is 0.679. The first-order chi connectivity index (χ1) is 13.0. The monoisotopic (exact) mass is 401 g/mol. The van der Waals surface area contributed by atoms with Crippen LogP contribution in [0.15, 0.2) is 29.5 Å². The first-order valence-electron chi connectivity index (χ1n) is 9.16. The van der Waals surface area contributed by atoms with Crippen LogP contribution >= 0.6 is 0 Å². The molecule has 2 unspecified atom stereocenters. The lowest BCUT2D eigenvalue weighted by molar-refractivity contribution is 0.531. The minimum atomic E-state index is -1.24. The van der Waals surface area contributed by atoms with Crippen LogP contribution in [0, 0.1) is 6.92 Å². The highest BCUT2D eigenvalue weighted by Gasteiger charge is 2.29. The van der Waals surface area contributed by atoms with E-state index in [9.17, 15) is 9.35 Å². The number of imidazole rings is 1. The van der Waals surface area contributed by atoms with Crippen molar-refractivity contribution in [2.75, 3.05) is 0 Å². The third-order valence-corrected chi connectivity index (χ3v) is 6.27. The Hall–Kier alpha value is -2.16. The predicted molar refractivity (Wildman–Crippen MR) is 113 cm³/mol. The molecule has 2 atom stereocenters. The number of hydrogen-bond donors (Lipinski definition) is 1. The molecule has 0 spiro atoms. The molecule has 150 valence electrons. The lowest BCUT2D eigenvalue weighted by Crippen LogP contribution is -2.40. The number of aryl methyl sites for hydroxylation is 2. The highest BCUT2D eigenvalue weighted by atomic mass is 32.2. The molecule has 0 aliphatic carbocycles. The van der Waals surface area contributed by atoms with Gasteiger partial charge in [-0.25, -0.2) is 9.97 Å². The molecule has 0 bridgehead atoms. The summed E-state index contributed by atoms with van der Waals surface area (Å²) in [5.41, 5.74) is 2.93. The van der Waals surface area contributed by atoms with Crippen molar-refractivity contribution in [3.05, 3.63) is 46.1 Å². The minimum Gasteiger partial charge on any atom is -0.598 e. The van der Waals surface area contributed by atoms with Gasteiger partial charge in [-0.05, 0) is 46.2 Å². The number of nitrogens with one attached hydrogen (secondary N) is 1. The Balaban J connectivity index is 2.20. The summed E-state index contributed by atoms with van der Waals surface area (Å²) in [5.74, 6) is 0.507. The summed E-state index contributed by atoms with van der Waals surface area (Å²) in [4.78, 5) is 22.2. The third-order valence-electron chi connectivity index (χ3n) is 4.59. The topological polar surface area (TPSA) is 87.8 Å². The summed E-state index contributed by atoms with van der Waals surface area (Å²) in [6.07, 6.45) is 3.51. The fourth-order valence-electron chi connectivity index (χ4n) is 3.04. The van der Waals surface area contributed by atoms with E-state index in [0.717, 1.165) is 11.1 Å². The van der Waals surface area contributed by atoms with Gasteiger partial charge in [0.1, 0.15) is 10.4 Å². The zero-order valence-corrected chi connectivity index (χ0v) is 18.2. The zero-order chi connectivity index (χ0) is 20.8. The van der Waals surface area contributed by atoms with Gasteiger partial charge in [-0.15, -0.1) is 4.72 Å². The number of nitrogens with zero attached hydrogens (tertiary/aromatic N) is 4. The van der Waals surface area contributed by atoms with E-state index in [1.807, 2.05) is 64.6 Å². The average Bonchev–Trinajstić information content (AvgIpc) is 3.03. The highest BCUT2D eigenvalue weighted by Crippen LogP contribution is 2.27. The van der Waals surface area contributed by atoms with Crippen LogP contribution < -0.4 is 10.3 Å². The van der Waals surface area contributed by atoms with Gasteiger partial charge in [0.15, 0.2) is 5.82 Å². The first-order valence-corrected chi connectivity index (χ1v) is 10.3. The van der Waals surface area contributed by atoms with Crippen LogP contribution in [0.25, 0.3) is 22.4 Å². The average molecular weight is 402 g/mol. The van der Waals surface area contributed by atoms with E-state index in [2.05, 4.69) is 9.71 Å². The molecule has 0 radical (unpaired) electrons. The maximum atomic E-state index is 13.0. The van der Waals surface area contributed by atoms with Crippen molar-refractivity contribution in [2.45, 2.75) is 45.4 Å². The van der Waals surface area contributed by atoms with Gasteiger partial charge in [-0.1, -0.05) is 6.07 Å². The SMILES string of the molecule is Cc1cc(C(C)N[S+]([O-])C(C)(C)C)c2nc(-c3cn(C)cn3)n(C)c(=O)c2c1. The van der Waals surface area contributed by atoms with Crippen LogP contribution in [0.5, 0.6) is 0 Å². The maximum absolute atomic E-state index is 13.0. The Kier molecular flexibility index (Phi) is 5.40. The molecule has 0 saturated carbocycles. The molecule has 0 amide bonds. The van der Waals surface area contributed by atoms with E-state index in [-0.39, 0.29) is 11.6 Å². The number of fused-ring (bicyclic) bond motifs is 1. The molecule has 1 aromatic carbocycles. The van der Waals surface area contributed by atoms with E-state index < -0.39 is 16.1 Å². The Morgan fingerprint density at radius 1 is 1.25 bits per heavy atom. The van der Waals surface area contributed by atoms with Gasteiger partial charge in [-0.3, -0.25) is 9.36 Å². The molecule has 8 heteroatoms. The Morgan fingerprint density at radius 2 is 1.93 bits per heavy atom. The lowest BCUT2D eigenvalue weighted by Gasteiger charge is -2.27. The van der Waals surface area contributed by atoms with E-state index in [1.165, 1.54) is 4.57 Å². The molecule has 0 fully saturated rings. The van der Waals surface area contributed by atoms with Crippen molar-refractivity contribution >= 4 is 22.3 Å².